The number of rotatable bonds is 6. The van der Waals surface area contributed by atoms with Crippen LogP contribution >= 0.6 is 11.6 Å². The average Bonchev–Trinajstić information content (AvgIpc) is 3.53. The van der Waals surface area contributed by atoms with Crippen molar-refractivity contribution < 1.29 is 4.39 Å². The Balaban J connectivity index is 1.77. The third-order valence-corrected chi connectivity index (χ3v) is 5.27. The highest BCUT2D eigenvalue weighted by Crippen LogP contribution is 2.37. The zero-order chi connectivity index (χ0) is 19.7. The molecule has 2 N–H and O–H groups in total. The fourth-order valence-corrected chi connectivity index (χ4v) is 3.52. The van der Waals surface area contributed by atoms with Crippen LogP contribution in [0.15, 0.2) is 36.4 Å². The highest BCUT2D eigenvalue weighted by molar-refractivity contribution is 6.31. The lowest BCUT2D eigenvalue weighted by Crippen LogP contribution is -2.22. The number of nitrogens with one attached hydrogen (secondary N) is 2. The molecule has 5 nitrogen and oxygen atoms in total. The third kappa shape index (κ3) is 3.71. The Morgan fingerprint density at radius 1 is 1.29 bits per heavy atom. The van der Waals surface area contributed by atoms with Gasteiger partial charge in [-0.2, -0.15) is 10.2 Å². The summed E-state index contributed by atoms with van der Waals surface area (Å²) < 4.78 is 13.4. The lowest BCUT2D eigenvalue weighted by atomic mass is 10.1. The number of anilines is 3. The quantitative estimate of drug-likeness (QED) is 0.565. The first-order chi connectivity index (χ1) is 13.6. The van der Waals surface area contributed by atoms with E-state index in [1.807, 2.05) is 12.1 Å². The number of hydrogen-bond donors (Lipinski definition) is 2. The zero-order valence-corrected chi connectivity index (χ0v) is 16.1. The first kappa shape index (κ1) is 18.5. The molecule has 1 heterocycles. The second-order valence-corrected chi connectivity index (χ2v) is 7.37. The van der Waals surface area contributed by atoms with Gasteiger partial charge in [0.25, 0.3) is 0 Å². The first-order valence-corrected chi connectivity index (χ1v) is 9.66. The molecule has 0 saturated heterocycles. The van der Waals surface area contributed by atoms with Gasteiger partial charge in [-0.25, -0.2) is 9.37 Å². The fourth-order valence-electron chi connectivity index (χ4n) is 3.34. The number of para-hydroxylation sites is 1. The minimum atomic E-state index is -0.490. The summed E-state index contributed by atoms with van der Waals surface area (Å²) in [6.07, 6.45) is 3.43. The lowest BCUT2D eigenvalue weighted by molar-refractivity contribution is 0.615. The van der Waals surface area contributed by atoms with E-state index in [0.29, 0.717) is 40.5 Å². The molecule has 0 amide bonds. The van der Waals surface area contributed by atoms with Crippen molar-refractivity contribution in [3.63, 3.8) is 0 Å². The summed E-state index contributed by atoms with van der Waals surface area (Å²) in [6.45, 7) is 2.15. The molecule has 3 aromatic rings. The van der Waals surface area contributed by atoms with Crippen LogP contribution in [0.4, 0.5) is 21.8 Å². The average molecular weight is 396 g/mol. The second-order valence-electron chi connectivity index (χ2n) is 6.96. The molecule has 1 aliphatic carbocycles. The topological polar surface area (TPSA) is 73.6 Å². The van der Waals surface area contributed by atoms with Crippen molar-refractivity contribution in [1.82, 2.24) is 9.97 Å². The molecule has 0 aliphatic heterocycles. The Morgan fingerprint density at radius 3 is 2.79 bits per heavy atom. The molecule has 0 bridgehead atoms. The Labute approximate surface area is 167 Å². The minimum absolute atomic E-state index is 0.0154. The van der Waals surface area contributed by atoms with E-state index in [2.05, 4.69) is 33.6 Å². The monoisotopic (exact) mass is 395 g/mol. The van der Waals surface area contributed by atoms with E-state index in [0.717, 1.165) is 11.8 Å². The minimum Gasteiger partial charge on any atom is -0.366 e. The van der Waals surface area contributed by atoms with Crippen LogP contribution in [0.3, 0.4) is 0 Å². The van der Waals surface area contributed by atoms with Crippen LogP contribution < -0.4 is 10.6 Å². The number of hydrogen-bond acceptors (Lipinski definition) is 5. The van der Waals surface area contributed by atoms with Crippen molar-refractivity contribution >= 4 is 40.0 Å². The molecule has 28 heavy (non-hydrogen) atoms. The maximum atomic E-state index is 13.4. The number of halogens is 2. The van der Waals surface area contributed by atoms with Crippen LogP contribution in [0.5, 0.6) is 0 Å². The summed E-state index contributed by atoms with van der Waals surface area (Å²) >= 11 is 5.87. The third-order valence-electron chi connectivity index (χ3n) is 4.98. The summed E-state index contributed by atoms with van der Waals surface area (Å²) in [5.41, 5.74) is 1.62. The number of benzene rings is 2. The van der Waals surface area contributed by atoms with E-state index in [9.17, 15) is 9.65 Å². The molecule has 7 heteroatoms. The van der Waals surface area contributed by atoms with Gasteiger partial charge in [0.15, 0.2) is 0 Å². The Bertz CT molecular complexity index is 1070. The molecule has 142 valence electrons. The van der Waals surface area contributed by atoms with Crippen molar-refractivity contribution in [1.29, 1.82) is 5.26 Å². The van der Waals surface area contributed by atoms with E-state index in [4.69, 9.17) is 11.6 Å². The molecule has 0 unspecified atom stereocenters. The number of nitrogens with zero attached hydrogens (tertiary/aromatic N) is 3. The van der Waals surface area contributed by atoms with Crippen LogP contribution in [0.1, 0.15) is 31.7 Å². The van der Waals surface area contributed by atoms with Crippen molar-refractivity contribution in [2.75, 3.05) is 10.6 Å². The maximum absolute atomic E-state index is 13.4. The van der Waals surface area contributed by atoms with Gasteiger partial charge in [-0.15, -0.1) is 0 Å². The number of fused-ring (bicyclic) bond motifs is 1. The molecule has 1 aromatic heterocycles. The van der Waals surface area contributed by atoms with Crippen molar-refractivity contribution in [2.24, 2.45) is 5.92 Å². The SMILES string of the molecule is CC[C@@H](Nc1nc(Nc2ccc(F)c(Cl)c2)nc2c(C#N)cccc12)C1CC1. The highest BCUT2D eigenvalue weighted by Gasteiger charge is 2.30. The van der Waals surface area contributed by atoms with Gasteiger partial charge in [0.2, 0.25) is 5.95 Å². The maximum Gasteiger partial charge on any atom is 0.229 e. The Kier molecular flexibility index (Phi) is 5.01. The van der Waals surface area contributed by atoms with Crippen LogP contribution in [-0.4, -0.2) is 16.0 Å². The summed E-state index contributed by atoms with van der Waals surface area (Å²) in [5.74, 6) is 1.18. The van der Waals surface area contributed by atoms with Crippen LogP contribution in [-0.2, 0) is 0 Å². The van der Waals surface area contributed by atoms with Gasteiger partial charge < -0.3 is 10.6 Å². The standard InChI is InChI=1S/C21H19ClFN5/c1-2-18(12-6-7-12)26-20-15-5-3-4-13(11-24)19(15)27-21(28-20)25-14-8-9-17(23)16(22)10-14/h3-5,8-10,12,18H,2,6-7H2,1H3,(H2,25,26,27,28)/t18-/m1/s1. The van der Waals surface area contributed by atoms with Gasteiger partial charge in [-0.1, -0.05) is 24.6 Å². The molecule has 2 aromatic carbocycles. The number of aromatic nitrogens is 2. The van der Waals surface area contributed by atoms with Gasteiger partial charge in [0, 0.05) is 17.1 Å². The zero-order valence-electron chi connectivity index (χ0n) is 15.3. The van der Waals surface area contributed by atoms with E-state index in [1.165, 1.54) is 25.0 Å². The smallest absolute Gasteiger partial charge is 0.229 e. The lowest BCUT2D eigenvalue weighted by Gasteiger charge is -2.19. The van der Waals surface area contributed by atoms with E-state index >= 15 is 0 Å². The molecular weight excluding hydrogens is 377 g/mol. The summed E-state index contributed by atoms with van der Waals surface area (Å²) in [4.78, 5) is 9.17. The van der Waals surface area contributed by atoms with Gasteiger partial charge >= 0.3 is 0 Å². The summed E-state index contributed by atoms with van der Waals surface area (Å²) in [5, 5.41) is 16.9. The summed E-state index contributed by atoms with van der Waals surface area (Å²) in [7, 11) is 0. The molecule has 1 fully saturated rings. The van der Waals surface area contributed by atoms with Gasteiger partial charge in [-0.05, 0) is 55.5 Å². The molecule has 1 atom stereocenters. The second kappa shape index (κ2) is 7.61. The van der Waals surface area contributed by atoms with E-state index in [1.54, 1.807) is 12.1 Å². The molecule has 1 aliphatic rings. The van der Waals surface area contributed by atoms with E-state index in [-0.39, 0.29) is 5.02 Å². The van der Waals surface area contributed by atoms with Crippen molar-refractivity contribution in [2.45, 2.75) is 32.2 Å². The largest absolute Gasteiger partial charge is 0.366 e. The van der Waals surface area contributed by atoms with Crippen molar-refractivity contribution in [3.8, 4) is 6.07 Å². The predicted molar refractivity (Wildman–Crippen MR) is 109 cm³/mol. The number of nitriles is 1. The molecular formula is C21H19ClFN5. The fraction of sp³-hybridized carbons (Fsp3) is 0.286. The Morgan fingerprint density at radius 2 is 2.11 bits per heavy atom. The van der Waals surface area contributed by atoms with Crippen LogP contribution in [0, 0.1) is 23.1 Å². The molecule has 1 saturated carbocycles. The van der Waals surface area contributed by atoms with Gasteiger partial charge in [-0.3, -0.25) is 0 Å². The molecule has 0 spiro atoms. The van der Waals surface area contributed by atoms with Crippen LogP contribution in [0.25, 0.3) is 10.9 Å². The molecule has 0 radical (unpaired) electrons. The predicted octanol–water partition coefficient (Wildman–Crippen LogP) is 5.64. The molecule has 4 rings (SSSR count). The normalized spacial score (nSPS) is 14.5. The Hall–Kier alpha value is -2.91. The van der Waals surface area contributed by atoms with Gasteiger partial charge in [0.05, 0.1) is 16.1 Å². The van der Waals surface area contributed by atoms with E-state index < -0.39 is 5.82 Å². The summed E-state index contributed by atoms with van der Waals surface area (Å²) in [6, 6.07) is 12.3. The van der Waals surface area contributed by atoms with Gasteiger partial charge in [0.1, 0.15) is 17.7 Å². The van der Waals surface area contributed by atoms with Crippen LogP contribution in [0.2, 0.25) is 5.02 Å². The first-order valence-electron chi connectivity index (χ1n) is 9.28. The van der Waals surface area contributed by atoms with Crippen molar-refractivity contribution in [3.05, 3.63) is 52.8 Å². The highest BCUT2D eigenvalue weighted by atomic mass is 35.5.